The van der Waals surface area contributed by atoms with Crippen LogP contribution in [0.15, 0.2) is 36.0 Å². The number of alkyl halides is 4. The van der Waals surface area contributed by atoms with Crippen LogP contribution < -0.4 is 5.32 Å². The van der Waals surface area contributed by atoms with Gasteiger partial charge in [-0.15, -0.1) is 0 Å². The largest absolute Gasteiger partial charge is 0.395 e. The van der Waals surface area contributed by atoms with Gasteiger partial charge >= 0.3 is 0 Å². The molecule has 0 spiro atoms. The van der Waals surface area contributed by atoms with Crippen molar-refractivity contribution in [1.29, 1.82) is 0 Å². The standard InChI is InChI=1S/C18H18F4N2O3/c19-10-7-11(20)17(22)15(16(10)21)9-3-1-2-4-12(9)23-13-8-14(26)24(5-6-25)18(13)27/h1-4,8,10-11,15-17,23,25H,5-7H2. The molecule has 2 aliphatic rings. The fourth-order valence-corrected chi connectivity index (χ4v) is 3.40. The van der Waals surface area contributed by atoms with E-state index in [1.165, 1.54) is 24.3 Å². The number of imide groups is 1. The van der Waals surface area contributed by atoms with Crippen molar-refractivity contribution in [3.05, 3.63) is 41.6 Å². The Kier molecular flexibility index (Phi) is 5.50. The van der Waals surface area contributed by atoms with E-state index in [4.69, 9.17) is 5.11 Å². The minimum absolute atomic E-state index is 0.0238. The highest BCUT2D eigenvalue weighted by Gasteiger charge is 2.48. The Balaban J connectivity index is 1.90. The van der Waals surface area contributed by atoms with Gasteiger partial charge in [-0.1, -0.05) is 18.2 Å². The Labute approximate surface area is 152 Å². The summed E-state index contributed by atoms with van der Waals surface area (Å²) in [7, 11) is 0. The average Bonchev–Trinajstić information content (AvgIpc) is 2.89. The molecule has 0 aromatic heterocycles. The molecule has 1 aromatic carbocycles. The number of halogens is 4. The Hall–Kier alpha value is -2.42. The number of para-hydroxylation sites is 1. The predicted molar refractivity (Wildman–Crippen MR) is 88.9 cm³/mol. The van der Waals surface area contributed by atoms with Gasteiger partial charge in [0.05, 0.1) is 19.1 Å². The van der Waals surface area contributed by atoms with E-state index in [0.717, 1.165) is 11.0 Å². The van der Waals surface area contributed by atoms with E-state index in [1.807, 2.05) is 0 Å². The van der Waals surface area contributed by atoms with Gasteiger partial charge < -0.3 is 10.4 Å². The highest BCUT2D eigenvalue weighted by Crippen LogP contribution is 2.43. The third kappa shape index (κ3) is 3.55. The van der Waals surface area contributed by atoms with Gasteiger partial charge in [-0.3, -0.25) is 14.5 Å². The molecule has 4 atom stereocenters. The van der Waals surface area contributed by atoms with Crippen molar-refractivity contribution in [3.63, 3.8) is 0 Å². The maximum atomic E-state index is 14.4. The third-order valence-electron chi connectivity index (χ3n) is 4.75. The van der Waals surface area contributed by atoms with Gasteiger partial charge in [-0.25, -0.2) is 17.6 Å². The molecule has 1 fully saturated rings. The second-order valence-electron chi connectivity index (χ2n) is 6.47. The van der Waals surface area contributed by atoms with Crippen LogP contribution in [-0.2, 0) is 9.59 Å². The summed E-state index contributed by atoms with van der Waals surface area (Å²) in [6.45, 7) is -0.615. The number of hydrogen-bond donors (Lipinski definition) is 2. The van der Waals surface area contributed by atoms with Gasteiger partial charge in [0, 0.05) is 18.2 Å². The summed E-state index contributed by atoms with van der Waals surface area (Å²) in [6.07, 6.45) is -8.61. The number of nitrogens with one attached hydrogen (secondary N) is 1. The first kappa shape index (κ1) is 19.3. The SMILES string of the molecule is O=C1C=C(Nc2ccccc2C2C(F)C(F)CC(F)C2F)C(=O)N1CCO. The summed E-state index contributed by atoms with van der Waals surface area (Å²) < 4.78 is 56.3. The average molecular weight is 386 g/mol. The number of carbonyl (C=O) groups is 2. The summed E-state index contributed by atoms with van der Waals surface area (Å²) in [5.74, 6) is -3.05. The Morgan fingerprint density at radius 3 is 2.33 bits per heavy atom. The van der Waals surface area contributed by atoms with Gasteiger partial charge in [0.1, 0.15) is 30.4 Å². The number of rotatable bonds is 5. The first-order valence-corrected chi connectivity index (χ1v) is 8.45. The molecular weight excluding hydrogens is 368 g/mol. The lowest BCUT2D eigenvalue weighted by atomic mass is 9.78. The Morgan fingerprint density at radius 2 is 1.70 bits per heavy atom. The predicted octanol–water partition coefficient (Wildman–Crippen LogP) is 2.18. The maximum absolute atomic E-state index is 14.4. The summed E-state index contributed by atoms with van der Waals surface area (Å²) in [5, 5.41) is 11.6. The minimum Gasteiger partial charge on any atom is -0.395 e. The van der Waals surface area contributed by atoms with E-state index in [9.17, 15) is 27.2 Å². The number of aliphatic hydroxyl groups is 1. The molecule has 27 heavy (non-hydrogen) atoms. The van der Waals surface area contributed by atoms with E-state index >= 15 is 0 Å². The fourth-order valence-electron chi connectivity index (χ4n) is 3.40. The number of aliphatic hydroxyl groups excluding tert-OH is 1. The first-order valence-electron chi connectivity index (χ1n) is 8.45. The van der Waals surface area contributed by atoms with Crippen molar-refractivity contribution in [2.45, 2.75) is 37.0 Å². The number of hydrogen-bond acceptors (Lipinski definition) is 4. The van der Waals surface area contributed by atoms with Crippen molar-refractivity contribution in [1.82, 2.24) is 4.90 Å². The molecular formula is C18H18F4N2O3. The van der Waals surface area contributed by atoms with Crippen LogP contribution in [-0.4, -0.2) is 59.7 Å². The number of amides is 2. The normalized spacial score (nSPS) is 31.2. The molecule has 3 rings (SSSR count). The van der Waals surface area contributed by atoms with E-state index < -0.39 is 55.4 Å². The van der Waals surface area contributed by atoms with Gasteiger partial charge in [0.15, 0.2) is 0 Å². The number of benzene rings is 1. The zero-order valence-electron chi connectivity index (χ0n) is 14.1. The molecule has 0 radical (unpaired) electrons. The second kappa shape index (κ2) is 7.67. The third-order valence-corrected chi connectivity index (χ3v) is 4.75. The number of carbonyl (C=O) groups excluding carboxylic acids is 2. The van der Waals surface area contributed by atoms with Crippen molar-refractivity contribution in [3.8, 4) is 0 Å². The smallest absolute Gasteiger partial charge is 0.277 e. The van der Waals surface area contributed by atoms with E-state index in [1.54, 1.807) is 0 Å². The molecule has 2 amide bonds. The van der Waals surface area contributed by atoms with Crippen LogP contribution in [0.1, 0.15) is 17.9 Å². The fraction of sp³-hybridized carbons (Fsp3) is 0.444. The Morgan fingerprint density at radius 1 is 1.07 bits per heavy atom. The van der Waals surface area contributed by atoms with Crippen molar-refractivity contribution in [2.75, 3.05) is 18.5 Å². The van der Waals surface area contributed by atoms with Gasteiger partial charge in [-0.05, 0) is 11.6 Å². The Bertz CT molecular complexity index is 759. The van der Waals surface area contributed by atoms with Crippen molar-refractivity contribution in [2.24, 2.45) is 0 Å². The summed E-state index contributed by atoms with van der Waals surface area (Å²) >= 11 is 0. The molecule has 1 heterocycles. The first-order chi connectivity index (χ1) is 12.8. The maximum Gasteiger partial charge on any atom is 0.277 e. The molecule has 5 nitrogen and oxygen atoms in total. The van der Waals surface area contributed by atoms with Crippen LogP contribution in [0.25, 0.3) is 0 Å². The van der Waals surface area contributed by atoms with Crippen molar-refractivity contribution < 1.29 is 32.3 Å². The molecule has 146 valence electrons. The monoisotopic (exact) mass is 386 g/mol. The molecule has 1 saturated carbocycles. The molecule has 9 heteroatoms. The van der Waals surface area contributed by atoms with E-state index in [-0.39, 0.29) is 23.5 Å². The topological polar surface area (TPSA) is 69.6 Å². The van der Waals surface area contributed by atoms with Crippen molar-refractivity contribution >= 4 is 17.5 Å². The van der Waals surface area contributed by atoms with Crippen LogP contribution >= 0.6 is 0 Å². The lowest BCUT2D eigenvalue weighted by Crippen LogP contribution is -2.44. The van der Waals surface area contributed by atoms with E-state index in [2.05, 4.69) is 5.32 Å². The molecule has 0 bridgehead atoms. The number of β-amino-alcohol motifs (C(OH)–C–C–N with tert-alkyl or cyclic N) is 1. The number of anilines is 1. The van der Waals surface area contributed by atoms with Crippen LogP contribution in [0.2, 0.25) is 0 Å². The summed E-state index contributed by atoms with van der Waals surface area (Å²) in [5.41, 5.74) is -0.104. The molecule has 4 unspecified atom stereocenters. The minimum atomic E-state index is -2.24. The lowest BCUT2D eigenvalue weighted by molar-refractivity contribution is -0.137. The second-order valence-corrected chi connectivity index (χ2v) is 6.47. The van der Waals surface area contributed by atoms with E-state index in [0.29, 0.717) is 0 Å². The zero-order valence-corrected chi connectivity index (χ0v) is 14.1. The van der Waals surface area contributed by atoms with Crippen LogP contribution in [0.3, 0.4) is 0 Å². The highest BCUT2D eigenvalue weighted by molar-refractivity contribution is 6.17. The number of nitrogens with zero attached hydrogens (tertiary/aromatic N) is 1. The molecule has 0 saturated heterocycles. The molecule has 1 aliphatic heterocycles. The molecule has 2 N–H and O–H groups in total. The van der Waals surface area contributed by atoms with Crippen LogP contribution in [0.4, 0.5) is 23.2 Å². The highest BCUT2D eigenvalue weighted by atomic mass is 19.2. The summed E-state index contributed by atoms with van der Waals surface area (Å²) in [6, 6.07) is 5.70. The quantitative estimate of drug-likeness (QED) is 0.601. The molecule has 1 aromatic rings. The zero-order chi connectivity index (χ0) is 19.7. The summed E-state index contributed by atoms with van der Waals surface area (Å²) in [4.78, 5) is 24.8. The van der Waals surface area contributed by atoms with Crippen LogP contribution in [0.5, 0.6) is 0 Å². The van der Waals surface area contributed by atoms with Gasteiger partial charge in [0.2, 0.25) is 0 Å². The molecule has 1 aliphatic carbocycles. The van der Waals surface area contributed by atoms with Gasteiger partial charge in [0.25, 0.3) is 11.8 Å². The van der Waals surface area contributed by atoms with Gasteiger partial charge in [-0.2, -0.15) is 0 Å². The lowest BCUT2D eigenvalue weighted by Gasteiger charge is -2.35. The van der Waals surface area contributed by atoms with Crippen LogP contribution in [0, 0.1) is 0 Å².